The Morgan fingerprint density at radius 2 is 1.43 bits per heavy atom. The normalized spacial score (nSPS) is 31.1. The molecule has 0 aliphatic carbocycles. The van der Waals surface area contributed by atoms with Crippen LogP contribution >= 0.6 is 0 Å². The van der Waals surface area contributed by atoms with E-state index in [0.29, 0.717) is 0 Å². The maximum atomic E-state index is 14.3. The lowest BCUT2D eigenvalue weighted by Gasteiger charge is -2.43. The van der Waals surface area contributed by atoms with Gasteiger partial charge in [-0.1, -0.05) is 0 Å². The number of carbonyl (C=O) groups is 3. The Hall–Kier alpha value is -1.77. The molecule has 0 N–H and O–H groups in total. The summed E-state index contributed by atoms with van der Waals surface area (Å²) in [5.41, 5.74) is 0. The van der Waals surface area contributed by atoms with Crippen molar-refractivity contribution in [3.8, 4) is 0 Å². The predicted molar refractivity (Wildman–Crippen MR) is 62.2 cm³/mol. The quantitative estimate of drug-likeness (QED) is 0.562. The number of esters is 3. The van der Waals surface area contributed by atoms with E-state index in [1.54, 1.807) is 0 Å². The largest absolute Gasteiger partial charge is 0.456 e. The molecule has 9 heteroatoms. The number of alkyl halides is 2. The Labute approximate surface area is 119 Å². The molecule has 0 saturated carbocycles. The van der Waals surface area contributed by atoms with Gasteiger partial charge in [0.25, 0.3) is 6.29 Å². The fraction of sp³-hybridized carbons (Fsp3) is 0.750. The fourth-order valence-corrected chi connectivity index (χ4v) is 1.89. The molecule has 0 bridgehead atoms. The first kappa shape index (κ1) is 17.3. The van der Waals surface area contributed by atoms with Gasteiger partial charge in [0.15, 0.2) is 6.10 Å². The third kappa shape index (κ3) is 4.10. The van der Waals surface area contributed by atoms with E-state index in [0.717, 1.165) is 20.8 Å². The molecule has 1 fully saturated rings. The molecule has 0 spiro atoms. The molecule has 120 valence electrons. The standard InChI is InChI=1S/C12H16F2O7/c1-5-9(19-6(2)15)10(20-7(3)16)12(13,14)11(18-5)21-8(4)17/h5,9-11H,1-4H3/t5-,9+,10+,11?/m1/s1. The molecule has 1 saturated heterocycles. The van der Waals surface area contributed by atoms with Gasteiger partial charge >= 0.3 is 23.8 Å². The van der Waals surface area contributed by atoms with Crippen molar-refractivity contribution in [3.05, 3.63) is 0 Å². The highest BCUT2D eigenvalue weighted by Crippen LogP contribution is 2.38. The van der Waals surface area contributed by atoms with E-state index < -0.39 is 48.4 Å². The molecule has 0 aromatic rings. The second-order valence-corrected chi connectivity index (χ2v) is 4.56. The molecule has 4 atom stereocenters. The van der Waals surface area contributed by atoms with E-state index in [1.807, 2.05) is 0 Å². The molecule has 1 unspecified atom stereocenters. The first-order valence-corrected chi connectivity index (χ1v) is 6.10. The van der Waals surface area contributed by atoms with Crippen LogP contribution in [0.1, 0.15) is 27.7 Å². The molecule has 7 nitrogen and oxygen atoms in total. The molecule has 21 heavy (non-hydrogen) atoms. The van der Waals surface area contributed by atoms with E-state index in [1.165, 1.54) is 6.92 Å². The summed E-state index contributed by atoms with van der Waals surface area (Å²) in [4.78, 5) is 32.9. The smallest absolute Gasteiger partial charge is 0.348 e. The molecule has 1 rings (SSSR count). The van der Waals surface area contributed by atoms with E-state index >= 15 is 0 Å². The third-order valence-electron chi connectivity index (χ3n) is 2.66. The second kappa shape index (κ2) is 6.33. The highest BCUT2D eigenvalue weighted by atomic mass is 19.3. The van der Waals surface area contributed by atoms with E-state index in [9.17, 15) is 23.2 Å². The van der Waals surface area contributed by atoms with Crippen LogP contribution in [0.25, 0.3) is 0 Å². The fourth-order valence-electron chi connectivity index (χ4n) is 1.89. The summed E-state index contributed by atoms with van der Waals surface area (Å²) in [6.45, 7) is 4.22. The summed E-state index contributed by atoms with van der Waals surface area (Å²) >= 11 is 0. The van der Waals surface area contributed by atoms with Crippen LogP contribution in [0.5, 0.6) is 0 Å². The number of halogens is 2. The van der Waals surface area contributed by atoms with Crippen LogP contribution in [0.2, 0.25) is 0 Å². The minimum atomic E-state index is -3.87. The van der Waals surface area contributed by atoms with Crippen molar-refractivity contribution < 1.29 is 42.1 Å². The lowest BCUT2D eigenvalue weighted by molar-refractivity contribution is -0.344. The Bertz CT molecular complexity index is 437. The van der Waals surface area contributed by atoms with E-state index in [-0.39, 0.29) is 0 Å². The van der Waals surface area contributed by atoms with Crippen molar-refractivity contribution in [2.75, 3.05) is 0 Å². The Morgan fingerprint density at radius 3 is 1.86 bits per heavy atom. The highest BCUT2D eigenvalue weighted by molar-refractivity contribution is 5.68. The van der Waals surface area contributed by atoms with Crippen LogP contribution in [0, 0.1) is 0 Å². The van der Waals surface area contributed by atoms with Crippen LogP contribution in [-0.2, 0) is 33.3 Å². The van der Waals surface area contributed by atoms with Crippen molar-refractivity contribution in [1.29, 1.82) is 0 Å². The van der Waals surface area contributed by atoms with Gasteiger partial charge in [-0.15, -0.1) is 0 Å². The first-order valence-electron chi connectivity index (χ1n) is 6.10. The predicted octanol–water partition coefficient (Wildman–Crippen LogP) is 0.793. The first-order chi connectivity index (χ1) is 9.55. The van der Waals surface area contributed by atoms with Crippen molar-refractivity contribution in [2.24, 2.45) is 0 Å². The van der Waals surface area contributed by atoms with Crippen molar-refractivity contribution in [3.63, 3.8) is 0 Å². The Balaban J connectivity index is 3.10. The number of carbonyl (C=O) groups excluding carboxylic acids is 3. The minimum Gasteiger partial charge on any atom is -0.456 e. The summed E-state index contributed by atoms with van der Waals surface area (Å²) in [5.74, 6) is -6.69. The van der Waals surface area contributed by atoms with Crippen molar-refractivity contribution in [1.82, 2.24) is 0 Å². The van der Waals surface area contributed by atoms with E-state index in [4.69, 9.17) is 9.47 Å². The average molecular weight is 310 g/mol. The van der Waals surface area contributed by atoms with Crippen LogP contribution in [-0.4, -0.2) is 48.4 Å². The molecule has 0 radical (unpaired) electrons. The zero-order chi connectivity index (χ0) is 16.4. The van der Waals surface area contributed by atoms with Gasteiger partial charge in [0.1, 0.15) is 6.10 Å². The SMILES string of the molecule is CC(=O)OC1O[C@H](C)[C@H](OC(C)=O)[C@H](OC(C)=O)C1(F)F. The van der Waals surface area contributed by atoms with Crippen LogP contribution in [0.3, 0.4) is 0 Å². The topological polar surface area (TPSA) is 88.1 Å². The van der Waals surface area contributed by atoms with Gasteiger partial charge in [0.2, 0.25) is 6.10 Å². The summed E-state index contributed by atoms with van der Waals surface area (Å²) in [5, 5.41) is 0. The average Bonchev–Trinajstić information content (AvgIpc) is 2.29. The lowest BCUT2D eigenvalue weighted by Crippen LogP contribution is -2.64. The number of hydrogen-bond acceptors (Lipinski definition) is 7. The van der Waals surface area contributed by atoms with E-state index in [2.05, 4.69) is 9.47 Å². The Kier molecular flexibility index (Phi) is 5.21. The van der Waals surface area contributed by atoms with Gasteiger partial charge < -0.3 is 18.9 Å². The van der Waals surface area contributed by atoms with Gasteiger partial charge in [-0.05, 0) is 6.92 Å². The summed E-state index contributed by atoms with van der Waals surface area (Å²) in [6, 6.07) is 0. The Morgan fingerprint density at radius 1 is 0.952 bits per heavy atom. The third-order valence-corrected chi connectivity index (χ3v) is 2.66. The summed E-state index contributed by atoms with van der Waals surface area (Å²) in [6.07, 6.45) is -6.94. The monoisotopic (exact) mass is 310 g/mol. The maximum Gasteiger partial charge on any atom is 0.348 e. The van der Waals surface area contributed by atoms with Gasteiger partial charge in [-0.3, -0.25) is 14.4 Å². The van der Waals surface area contributed by atoms with Crippen LogP contribution in [0.4, 0.5) is 8.78 Å². The zero-order valence-electron chi connectivity index (χ0n) is 11.9. The van der Waals surface area contributed by atoms with Gasteiger partial charge in [0.05, 0.1) is 0 Å². The number of ether oxygens (including phenoxy) is 4. The molecular weight excluding hydrogens is 294 g/mol. The van der Waals surface area contributed by atoms with Crippen molar-refractivity contribution >= 4 is 17.9 Å². The molecule has 1 aliphatic rings. The highest BCUT2D eigenvalue weighted by Gasteiger charge is 2.62. The molecule has 1 heterocycles. The zero-order valence-corrected chi connectivity index (χ0v) is 11.9. The molecule has 0 aromatic heterocycles. The van der Waals surface area contributed by atoms with Gasteiger partial charge in [-0.25, -0.2) is 0 Å². The number of rotatable bonds is 3. The molecule has 1 aliphatic heterocycles. The molecule has 0 amide bonds. The molecule has 0 aromatic carbocycles. The second-order valence-electron chi connectivity index (χ2n) is 4.56. The lowest BCUT2D eigenvalue weighted by atomic mass is 9.98. The minimum absolute atomic E-state index is 0.839. The number of hydrogen-bond donors (Lipinski definition) is 0. The van der Waals surface area contributed by atoms with Crippen LogP contribution < -0.4 is 0 Å². The molecular formula is C12H16F2O7. The van der Waals surface area contributed by atoms with Gasteiger partial charge in [0, 0.05) is 20.8 Å². The van der Waals surface area contributed by atoms with Gasteiger partial charge in [-0.2, -0.15) is 8.78 Å². The maximum absolute atomic E-state index is 14.3. The summed E-state index contributed by atoms with van der Waals surface area (Å²) in [7, 11) is 0. The van der Waals surface area contributed by atoms with Crippen molar-refractivity contribution in [2.45, 2.75) is 58.2 Å². The van der Waals surface area contributed by atoms with Crippen LogP contribution in [0.15, 0.2) is 0 Å². The summed E-state index contributed by atoms with van der Waals surface area (Å²) < 4.78 is 47.1.